The van der Waals surface area contributed by atoms with Crippen molar-refractivity contribution >= 4 is 32.4 Å². The van der Waals surface area contributed by atoms with E-state index in [-0.39, 0.29) is 23.3 Å². The first-order chi connectivity index (χ1) is 13.5. The summed E-state index contributed by atoms with van der Waals surface area (Å²) >= 11 is 0. The highest BCUT2D eigenvalue weighted by Crippen LogP contribution is 2.25. The van der Waals surface area contributed by atoms with Gasteiger partial charge < -0.3 is 5.32 Å². The Morgan fingerprint density at radius 2 is 1.64 bits per heavy atom. The molecule has 3 aromatic rings. The first-order valence-corrected chi connectivity index (χ1v) is 10.8. The van der Waals surface area contributed by atoms with Crippen LogP contribution >= 0.6 is 0 Å². The normalized spacial score (nSPS) is 18.1. The number of carbonyl (C=O) groups is 1. The standard InChI is InChI=1S/C22H22N2O3S/c25-22(23-20-13-12-17-7-4-5-8-18(17)15-20)19-9-6-14-24(16-19)28(26,27)21-10-2-1-3-11-21/h1-5,7-8,10-13,15,19H,6,9,14,16H2,(H,23,25)/t19-/m0/s1. The number of anilines is 1. The van der Waals surface area contributed by atoms with E-state index in [1.165, 1.54) is 4.31 Å². The molecule has 144 valence electrons. The van der Waals surface area contributed by atoms with Gasteiger partial charge in [-0.25, -0.2) is 8.42 Å². The lowest BCUT2D eigenvalue weighted by atomic mass is 9.98. The van der Waals surface area contributed by atoms with Crippen molar-refractivity contribution in [2.45, 2.75) is 17.7 Å². The number of rotatable bonds is 4. The van der Waals surface area contributed by atoms with Crippen LogP contribution in [0.4, 0.5) is 5.69 Å². The fourth-order valence-corrected chi connectivity index (χ4v) is 5.17. The van der Waals surface area contributed by atoms with E-state index in [0.717, 1.165) is 16.5 Å². The molecule has 3 aromatic carbocycles. The Bertz CT molecular complexity index is 1100. The highest BCUT2D eigenvalue weighted by atomic mass is 32.2. The number of benzene rings is 3. The number of sulfonamides is 1. The average molecular weight is 394 g/mol. The van der Waals surface area contributed by atoms with Crippen LogP contribution in [-0.4, -0.2) is 31.7 Å². The smallest absolute Gasteiger partial charge is 0.243 e. The Morgan fingerprint density at radius 1 is 0.929 bits per heavy atom. The van der Waals surface area contributed by atoms with Gasteiger partial charge in [0.25, 0.3) is 0 Å². The largest absolute Gasteiger partial charge is 0.326 e. The van der Waals surface area contributed by atoms with Crippen molar-refractivity contribution in [3.8, 4) is 0 Å². The Kier molecular flexibility index (Phi) is 5.15. The van der Waals surface area contributed by atoms with E-state index in [9.17, 15) is 13.2 Å². The molecular weight excluding hydrogens is 372 g/mol. The second-order valence-electron chi connectivity index (χ2n) is 7.07. The summed E-state index contributed by atoms with van der Waals surface area (Å²) in [5.74, 6) is -0.498. The molecule has 0 unspecified atom stereocenters. The van der Waals surface area contributed by atoms with E-state index < -0.39 is 10.0 Å². The molecule has 0 aromatic heterocycles. The summed E-state index contributed by atoms with van der Waals surface area (Å²) in [7, 11) is -3.58. The van der Waals surface area contributed by atoms with E-state index >= 15 is 0 Å². The molecular formula is C22H22N2O3S. The zero-order valence-corrected chi connectivity index (χ0v) is 16.2. The SMILES string of the molecule is O=C(Nc1ccc2ccccc2c1)[C@H]1CCCN(S(=O)(=O)c2ccccc2)C1. The molecule has 0 radical (unpaired) electrons. The van der Waals surface area contributed by atoms with Crippen molar-refractivity contribution in [2.24, 2.45) is 5.92 Å². The minimum absolute atomic E-state index is 0.136. The molecule has 1 saturated heterocycles. The van der Waals surface area contributed by atoms with Gasteiger partial charge in [0.15, 0.2) is 0 Å². The molecule has 0 saturated carbocycles. The maximum atomic E-state index is 12.9. The zero-order valence-electron chi connectivity index (χ0n) is 15.4. The number of fused-ring (bicyclic) bond motifs is 1. The molecule has 0 bridgehead atoms. The Balaban J connectivity index is 1.48. The highest BCUT2D eigenvalue weighted by molar-refractivity contribution is 7.89. The molecule has 1 fully saturated rings. The number of amides is 1. The quantitative estimate of drug-likeness (QED) is 0.730. The van der Waals surface area contributed by atoms with Gasteiger partial charge >= 0.3 is 0 Å². The van der Waals surface area contributed by atoms with Crippen molar-refractivity contribution in [1.82, 2.24) is 4.31 Å². The molecule has 28 heavy (non-hydrogen) atoms. The van der Waals surface area contributed by atoms with E-state index in [1.54, 1.807) is 30.3 Å². The summed E-state index contributed by atoms with van der Waals surface area (Å²) in [6.45, 7) is 0.646. The van der Waals surface area contributed by atoms with Crippen LogP contribution in [0.15, 0.2) is 77.7 Å². The van der Waals surface area contributed by atoms with Crippen molar-refractivity contribution < 1.29 is 13.2 Å². The van der Waals surface area contributed by atoms with Crippen LogP contribution in [0.25, 0.3) is 10.8 Å². The predicted molar refractivity (Wildman–Crippen MR) is 111 cm³/mol. The van der Waals surface area contributed by atoms with Gasteiger partial charge in [0.1, 0.15) is 0 Å². The third-order valence-electron chi connectivity index (χ3n) is 5.15. The fraction of sp³-hybridized carbons (Fsp3) is 0.227. The third-order valence-corrected chi connectivity index (χ3v) is 7.03. The second-order valence-corrected chi connectivity index (χ2v) is 9.00. The maximum Gasteiger partial charge on any atom is 0.243 e. The van der Waals surface area contributed by atoms with Crippen molar-refractivity contribution in [3.63, 3.8) is 0 Å². The molecule has 1 heterocycles. The van der Waals surface area contributed by atoms with Gasteiger partial charge in [-0.15, -0.1) is 0 Å². The van der Waals surface area contributed by atoms with Crippen molar-refractivity contribution in [3.05, 3.63) is 72.8 Å². The van der Waals surface area contributed by atoms with Crippen molar-refractivity contribution in [2.75, 3.05) is 18.4 Å². The molecule has 0 spiro atoms. The first-order valence-electron chi connectivity index (χ1n) is 9.39. The van der Waals surface area contributed by atoms with Crippen LogP contribution in [0.2, 0.25) is 0 Å². The molecule has 5 nitrogen and oxygen atoms in total. The summed E-state index contributed by atoms with van der Waals surface area (Å²) in [6, 6.07) is 22.1. The number of hydrogen-bond acceptors (Lipinski definition) is 3. The lowest BCUT2D eigenvalue weighted by molar-refractivity contribution is -0.120. The molecule has 1 amide bonds. The molecule has 1 N–H and O–H groups in total. The summed E-state index contributed by atoms with van der Waals surface area (Å²) in [5, 5.41) is 5.12. The number of piperidine rings is 1. The van der Waals surface area contributed by atoms with Gasteiger partial charge in [0, 0.05) is 18.8 Å². The molecule has 1 aliphatic heterocycles. The molecule has 6 heteroatoms. The fourth-order valence-electron chi connectivity index (χ4n) is 3.63. The van der Waals surface area contributed by atoms with Gasteiger partial charge in [0.2, 0.25) is 15.9 Å². The van der Waals surface area contributed by atoms with Gasteiger partial charge in [-0.05, 0) is 47.9 Å². The maximum absolute atomic E-state index is 12.9. The monoisotopic (exact) mass is 394 g/mol. The van der Waals surface area contributed by atoms with Crippen LogP contribution in [0.5, 0.6) is 0 Å². The minimum Gasteiger partial charge on any atom is -0.326 e. The van der Waals surface area contributed by atoms with Gasteiger partial charge in [-0.1, -0.05) is 48.5 Å². The summed E-state index contributed by atoms with van der Waals surface area (Å²) < 4.78 is 27.1. The van der Waals surface area contributed by atoms with Crippen LogP contribution in [0.1, 0.15) is 12.8 Å². The molecule has 1 atom stereocenters. The van der Waals surface area contributed by atoms with Crippen molar-refractivity contribution in [1.29, 1.82) is 0 Å². The number of nitrogens with one attached hydrogen (secondary N) is 1. The van der Waals surface area contributed by atoms with Crippen LogP contribution in [0, 0.1) is 5.92 Å². The van der Waals surface area contributed by atoms with Crippen LogP contribution < -0.4 is 5.32 Å². The average Bonchev–Trinajstić information content (AvgIpc) is 2.74. The summed E-state index contributed by atoms with van der Waals surface area (Å²) in [5.41, 5.74) is 0.728. The lowest BCUT2D eigenvalue weighted by Crippen LogP contribution is -2.43. The van der Waals surface area contributed by atoms with Crippen LogP contribution in [-0.2, 0) is 14.8 Å². The summed E-state index contributed by atoms with van der Waals surface area (Å²) in [4.78, 5) is 13.0. The van der Waals surface area contributed by atoms with E-state index in [0.29, 0.717) is 19.4 Å². The molecule has 0 aliphatic carbocycles. The van der Waals surface area contributed by atoms with E-state index in [4.69, 9.17) is 0 Å². The number of nitrogens with zero attached hydrogens (tertiary/aromatic N) is 1. The Labute approximate surface area is 165 Å². The van der Waals surface area contributed by atoms with E-state index in [2.05, 4.69) is 5.32 Å². The van der Waals surface area contributed by atoms with Crippen LogP contribution in [0.3, 0.4) is 0 Å². The topological polar surface area (TPSA) is 66.5 Å². The molecule has 4 rings (SSSR count). The number of hydrogen-bond donors (Lipinski definition) is 1. The van der Waals surface area contributed by atoms with Gasteiger partial charge in [-0.3, -0.25) is 4.79 Å². The number of carbonyl (C=O) groups excluding carboxylic acids is 1. The van der Waals surface area contributed by atoms with Gasteiger partial charge in [0.05, 0.1) is 10.8 Å². The Hall–Kier alpha value is -2.70. The van der Waals surface area contributed by atoms with Gasteiger partial charge in [-0.2, -0.15) is 4.31 Å². The molecule has 1 aliphatic rings. The Morgan fingerprint density at radius 3 is 2.43 bits per heavy atom. The van der Waals surface area contributed by atoms with E-state index in [1.807, 2.05) is 42.5 Å². The minimum atomic E-state index is -3.58. The second kappa shape index (κ2) is 7.73. The summed E-state index contributed by atoms with van der Waals surface area (Å²) in [6.07, 6.45) is 1.35. The zero-order chi connectivity index (χ0) is 19.6. The third kappa shape index (κ3) is 3.79. The first kappa shape index (κ1) is 18.7. The predicted octanol–water partition coefficient (Wildman–Crippen LogP) is 3.88. The lowest BCUT2D eigenvalue weighted by Gasteiger charge is -2.31. The highest BCUT2D eigenvalue weighted by Gasteiger charge is 2.33.